The number of ether oxygens (including phenoxy) is 2. The summed E-state index contributed by atoms with van der Waals surface area (Å²) in [5, 5.41) is 7.35. The number of nitrogens with one attached hydrogen (secondary N) is 2. The van der Waals surface area contributed by atoms with E-state index in [1.165, 1.54) is 0 Å². The zero-order chi connectivity index (χ0) is 15.1. The Kier molecular flexibility index (Phi) is 5.58. The Morgan fingerprint density at radius 2 is 1.76 bits per heavy atom. The molecule has 2 rings (SSSR count). The van der Waals surface area contributed by atoms with Gasteiger partial charge in [-0.15, -0.1) is 0 Å². The van der Waals surface area contributed by atoms with Gasteiger partial charge in [-0.25, -0.2) is 0 Å². The molecule has 0 saturated heterocycles. The fourth-order valence-corrected chi connectivity index (χ4v) is 2.14. The highest BCUT2D eigenvalue weighted by Gasteiger charge is 2.04. The predicted molar refractivity (Wildman–Crippen MR) is 88.0 cm³/mol. The van der Waals surface area contributed by atoms with E-state index >= 15 is 0 Å². The molecule has 0 aliphatic heterocycles. The minimum absolute atomic E-state index is 0.724. The average molecular weight is 307 g/mol. The summed E-state index contributed by atoms with van der Waals surface area (Å²) in [6, 6.07) is 13.3. The van der Waals surface area contributed by atoms with Crippen molar-refractivity contribution < 1.29 is 9.47 Å². The second-order valence-electron chi connectivity index (χ2n) is 4.43. The van der Waals surface area contributed by atoms with Crippen molar-refractivity contribution in [1.82, 2.24) is 0 Å². The van der Waals surface area contributed by atoms with Crippen molar-refractivity contribution in [2.24, 2.45) is 0 Å². The largest absolute Gasteiger partial charge is 0.497 e. The van der Waals surface area contributed by atoms with Crippen LogP contribution in [0.25, 0.3) is 0 Å². The van der Waals surface area contributed by atoms with Crippen LogP contribution in [0.1, 0.15) is 0 Å². The molecule has 0 aliphatic carbocycles. The summed E-state index contributed by atoms with van der Waals surface area (Å²) in [4.78, 5) is 0. The lowest BCUT2D eigenvalue weighted by molar-refractivity contribution is 0.404. The van der Waals surface area contributed by atoms with E-state index in [0.717, 1.165) is 41.0 Å². The zero-order valence-electron chi connectivity index (χ0n) is 12.2. The van der Waals surface area contributed by atoms with Crippen molar-refractivity contribution in [3.05, 3.63) is 47.5 Å². The first-order valence-electron chi connectivity index (χ1n) is 6.68. The van der Waals surface area contributed by atoms with Crippen molar-refractivity contribution in [3.63, 3.8) is 0 Å². The molecule has 0 heterocycles. The summed E-state index contributed by atoms with van der Waals surface area (Å²) in [6.45, 7) is 1.51. The summed E-state index contributed by atoms with van der Waals surface area (Å²) in [6.07, 6.45) is 0. The number of halogens is 1. The summed E-state index contributed by atoms with van der Waals surface area (Å²) >= 11 is 5.94. The summed E-state index contributed by atoms with van der Waals surface area (Å²) in [5.74, 6) is 1.58. The fraction of sp³-hybridized carbons (Fsp3) is 0.250. The van der Waals surface area contributed by atoms with Crippen LogP contribution in [-0.2, 0) is 0 Å². The van der Waals surface area contributed by atoms with Crippen LogP contribution in [0.15, 0.2) is 42.5 Å². The van der Waals surface area contributed by atoms with Crippen molar-refractivity contribution in [2.75, 3.05) is 37.9 Å². The van der Waals surface area contributed by atoms with Crippen LogP contribution in [0, 0.1) is 0 Å². The fourth-order valence-electron chi connectivity index (χ4n) is 1.95. The van der Waals surface area contributed by atoms with Gasteiger partial charge in [0.25, 0.3) is 0 Å². The standard InChI is InChI=1S/C16H19ClN2O2/c1-20-14-6-7-16(21-2)15(11-14)19-9-8-18-13-5-3-4-12(17)10-13/h3-7,10-11,18-19H,8-9H2,1-2H3. The normalized spacial score (nSPS) is 10.0. The molecule has 0 atom stereocenters. The van der Waals surface area contributed by atoms with Gasteiger partial charge in [0.05, 0.1) is 19.9 Å². The Balaban J connectivity index is 1.88. The summed E-state index contributed by atoms with van der Waals surface area (Å²) in [5.41, 5.74) is 1.91. The predicted octanol–water partition coefficient (Wildman–Crippen LogP) is 3.88. The first kappa shape index (κ1) is 15.3. The third-order valence-corrected chi connectivity index (χ3v) is 3.24. The lowest BCUT2D eigenvalue weighted by atomic mass is 10.2. The van der Waals surface area contributed by atoms with Gasteiger partial charge in [-0.3, -0.25) is 0 Å². The van der Waals surface area contributed by atoms with Crippen molar-refractivity contribution in [2.45, 2.75) is 0 Å². The molecule has 0 unspecified atom stereocenters. The van der Waals surface area contributed by atoms with Crippen molar-refractivity contribution in [1.29, 1.82) is 0 Å². The monoisotopic (exact) mass is 306 g/mol. The Bertz CT molecular complexity index is 590. The van der Waals surface area contributed by atoms with Crippen LogP contribution in [0.2, 0.25) is 5.02 Å². The smallest absolute Gasteiger partial charge is 0.142 e. The van der Waals surface area contributed by atoms with E-state index in [-0.39, 0.29) is 0 Å². The average Bonchev–Trinajstić information content (AvgIpc) is 2.51. The van der Waals surface area contributed by atoms with Gasteiger partial charge in [-0.05, 0) is 30.3 Å². The lowest BCUT2D eigenvalue weighted by Crippen LogP contribution is -2.14. The molecule has 0 saturated carbocycles. The van der Waals surface area contributed by atoms with Crippen LogP contribution < -0.4 is 20.1 Å². The van der Waals surface area contributed by atoms with Crippen molar-refractivity contribution in [3.8, 4) is 11.5 Å². The van der Waals surface area contributed by atoms with E-state index in [1.54, 1.807) is 14.2 Å². The minimum Gasteiger partial charge on any atom is -0.497 e. The molecule has 0 fully saturated rings. The molecule has 0 radical (unpaired) electrons. The van der Waals surface area contributed by atoms with Gasteiger partial charge >= 0.3 is 0 Å². The summed E-state index contributed by atoms with van der Waals surface area (Å²) in [7, 11) is 3.30. The first-order valence-corrected chi connectivity index (χ1v) is 7.06. The Morgan fingerprint density at radius 3 is 2.48 bits per heavy atom. The van der Waals surface area contributed by atoms with Gasteiger partial charge in [0.15, 0.2) is 0 Å². The maximum Gasteiger partial charge on any atom is 0.142 e. The van der Waals surface area contributed by atoms with Crippen LogP contribution in [-0.4, -0.2) is 27.3 Å². The molecule has 0 aromatic heterocycles. The van der Waals surface area contributed by atoms with Gasteiger partial charge in [-0.1, -0.05) is 17.7 Å². The van der Waals surface area contributed by atoms with E-state index in [9.17, 15) is 0 Å². The molecule has 2 aromatic rings. The van der Waals surface area contributed by atoms with Gasteiger partial charge in [0.2, 0.25) is 0 Å². The number of hydrogen-bond donors (Lipinski definition) is 2. The second-order valence-corrected chi connectivity index (χ2v) is 4.87. The second kappa shape index (κ2) is 7.64. The Morgan fingerprint density at radius 1 is 0.952 bits per heavy atom. The van der Waals surface area contributed by atoms with Crippen LogP contribution >= 0.6 is 11.6 Å². The zero-order valence-corrected chi connectivity index (χ0v) is 12.9. The minimum atomic E-state index is 0.724. The highest BCUT2D eigenvalue weighted by Crippen LogP contribution is 2.28. The van der Waals surface area contributed by atoms with E-state index in [1.807, 2.05) is 42.5 Å². The molecule has 0 aliphatic rings. The summed E-state index contributed by atoms with van der Waals surface area (Å²) < 4.78 is 10.5. The molecule has 0 amide bonds. The number of hydrogen-bond acceptors (Lipinski definition) is 4. The molecule has 2 N–H and O–H groups in total. The van der Waals surface area contributed by atoms with E-state index in [2.05, 4.69) is 10.6 Å². The van der Waals surface area contributed by atoms with Gasteiger partial charge in [0.1, 0.15) is 11.5 Å². The number of methoxy groups -OCH3 is 2. The highest BCUT2D eigenvalue weighted by molar-refractivity contribution is 6.30. The van der Waals surface area contributed by atoms with Gasteiger partial charge < -0.3 is 20.1 Å². The number of anilines is 2. The molecule has 21 heavy (non-hydrogen) atoms. The molecule has 112 valence electrons. The maximum absolute atomic E-state index is 5.94. The Labute approximate surface area is 130 Å². The van der Waals surface area contributed by atoms with E-state index < -0.39 is 0 Å². The number of rotatable bonds is 7. The number of benzene rings is 2. The van der Waals surface area contributed by atoms with Gasteiger partial charge in [-0.2, -0.15) is 0 Å². The third-order valence-electron chi connectivity index (χ3n) is 3.00. The SMILES string of the molecule is COc1ccc(OC)c(NCCNc2cccc(Cl)c2)c1. The lowest BCUT2D eigenvalue weighted by Gasteiger charge is -2.13. The van der Waals surface area contributed by atoms with E-state index in [4.69, 9.17) is 21.1 Å². The first-order chi connectivity index (χ1) is 10.2. The van der Waals surface area contributed by atoms with E-state index in [0.29, 0.717) is 0 Å². The molecule has 0 spiro atoms. The highest BCUT2D eigenvalue weighted by atomic mass is 35.5. The van der Waals surface area contributed by atoms with Gasteiger partial charge in [0, 0.05) is 29.9 Å². The van der Waals surface area contributed by atoms with Crippen LogP contribution in [0.4, 0.5) is 11.4 Å². The molecule has 5 heteroatoms. The molecular weight excluding hydrogens is 288 g/mol. The Hall–Kier alpha value is -2.07. The molecule has 0 bridgehead atoms. The van der Waals surface area contributed by atoms with Crippen LogP contribution in [0.5, 0.6) is 11.5 Å². The maximum atomic E-state index is 5.94. The molecule has 2 aromatic carbocycles. The van der Waals surface area contributed by atoms with Crippen LogP contribution in [0.3, 0.4) is 0 Å². The third kappa shape index (κ3) is 4.46. The topological polar surface area (TPSA) is 42.5 Å². The molecular formula is C16H19ClN2O2. The molecule has 4 nitrogen and oxygen atoms in total. The van der Waals surface area contributed by atoms with Crippen molar-refractivity contribution >= 4 is 23.0 Å². The quantitative estimate of drug-likeness (QED) is 0.762.